The Kier molecular flexibility index (Phi) is 12.4. The smallest absolute Gasteiger partial charge is 0.264 e. The molecule has 4 heterocycles. The number of thiazole rings is 1. The Balaban J connectivity index is 1.15. The molecule has 62 heavy (non-hydrogen) atoms. The van der Waals surface area contributed by atoms with Crippen molar-refractivity contribution in [3.8, 4) is 22.2 Å². The lowest BCUT2D eigenvalue weighted by Crippen LogP contribution is -2.47. The molecule has 4 aliphatic rings. The molecule has 0 bridgehead atoms. The number of nitrogens with zero attached hydrogens (tertiary/aromatic N) is 3. The number of ketones is 1. The molecule has 2 saturated carbocycles. The number of fused-ring (bicyclic) bond motifs is 3. The number of ether oxygens (including phenoxy) is 3. The molecule has 1 saturated heterocycles. The van der Waals surface area contributed by atoms with Crippen LogP contribution in [0.25, 0.3) is 21.6 Å². The predicted octanol–water partition coefficient (Wildman–Crippen LogP) is 8.21. The van der Waals surface area contributed by atoms with Gasteiger partial charge in [0.15, 0.2) is 10.7 Å². The zero-order chi connectivity index (χ0) is 44.0. The van der Waals surface area contributed by atoms with E-state index in [1.54, 1.807) is 24.1 Å². The molecule has 0 spiro atoms. The van der Waals surface area contributed by atoms with E-state index < -0.39 is 44.3 Å². The summed E-state index contributed by atoms with van der Waals surface area (Å²) in [4.78, 5) is 54.1. The quantitative estimate of drug-likeness (QED) is 0.146. The molecule has 2 aromatic heterocycles. The molecule has 1 N–H and O–H groups in total. The normalized spacial score (nSPS) is 25.7. The summed E-state index contributed by atoms with van der Waals surface area (Å²) in [6.45, 7) is 6.21. The Hall–Kier alpha value is -4.73. The van der Waals surface area contributed by atoms with Crippen LogP contribution in [-0.2, 0) is 35.6 Å². The fourth-order valence-electron chi connectivity index (χ4n) is 9.19. The van der Waals surface area contributed by atoms with E-state index in [4.69, 9.17) is 24.2 Å². The maximum Gasteiger partial charge on any atom is 0.264 e. The second kappa shape index (κ2) is 17.4. The van der Waals surface area contributed by atoms with E-state index in [2.05, 4.69) is 18.6 Å². The van der Waals surface area contributed by atoms with Crippen LogP contribution in [0.5, 0.6) is 11.5 Å². The molecule has 5 atom stereocenters. The van der Waals surface area contributed by atoms with Gasteiger partial charge in [-0.3, -0.25) is 19.1 Å². The van der Waals surface area contributed by atoms with Crippen LogP contribution in [-0.4, -0.2) is 78.7 Å². The SMILES string of the molecule is COc1ccc2c(O[C@@H]3C[C@H]4C(=O)C[C@]5(C(=O)NS(=O)(=O)C6(OC)CC6)C[C@H]5/C=C\CCCCC[C@H](Cc5ccc(F)cc5)C(=O)N4C3)cc(-c3nc(C(C)C)cs3)nc2c1C. The summed E-state index contributed by atoms with van der Waals surface area (Å²) in [7, 11) is -1.26. The molecule has 15 heteroatoms. The topological polar surface area (TPSA) is 154 Å². The number of amides is 2. The molecular weight excluding hydrogens is 832 g/mol. The average molecular weight is 887 g/mol. The zero-order valence-corrected chi connectivity index (χ0v) is 37.6. The summed E-state index contributed by atoms with van der Waals surface area (Å²) in [6.07, 6.45) is 8.25. The van der Waals surface area contributed by atoms with Gasteiger partial charge in [0.25, 0.3) is 10.0 Å². The monoisotopic (exact) mass is 886 g/mol. The van der Waals surface area contributed by atoms with Crippen molar-refractivity contribution in [1.29, 1.82) is 0 Å². The maximum atomic E-state index is 15.0. The minimum atomic E-state index is -4.19. The van der Waals surface area contributed by atoms with Gasteiger partial charge >= 0.3 is 0 Å². The molecule has 3 fully saturated rings. The lowest BCUT2D eigenvalue weighted by Gasteiger charge is -2.29. The number of Topliss-reactive ketones (excluding diaryl/α,β-unsaturated/α-hetero) is 1. The first-order chi connectivity index (χ1) is 29.7. The fourth-order valence-corrected chi connectivity index (χ4v) is 11.6. The van der Waals surface area contributed by atoms with Crippen molar-refractivity contribution >= 4 is 49.9 Å². The molecule has 2 amide bonds. The second-order valence-corrected chi connectivity index (χ2v) is 20.6. The molecule has 4 aromatic rings. The number of carbonyl (C=O) groups is 3. The predicted molar refractivity (Wildman–Crippen MR) is 235 cm³/mol. The number of nitrogens with one attached hydrogen (secondary N) is 1. The Morgan fingerprint density at radius 2 is 1.82 bits per heavy atom. The Morgan fingerprint density at radius 1 is 1.05 bits per heavy atom. The van der Waals surface area contributed by atoms with E-state index in [-0.39, 0.29) is 61.6 Å². The lowest BCUT2D eigenvalue weighted by molar-refractivity contribution is -0.142. The van der Waals surface area contributed by atoms with Crippen LogP contribution in [0.4, 0.5) is 4.39 Å². The van der Waals surface area contributed by atoms with Gasteiger partial charge in [-0.15, -0.1) is 11.3 Å². The number of halogens is 1. The number of rotatable bonds is 11. The molecule has 0 unspecified atom stereocenters. The van der Waals surface area contributed by atoms with Gasteiger partial charge in [0, 0.05) is 48.3 Å². The second-order valence-electron chi connectivity index (χ2n) is 17.8. The highest BCUT2D eigenvalue weighted by atomic mass is 32.2. The van der Waals surface area contributed by atoms with E-state index in [1.165, 1.54) is 30.6 Å². The van der Waals surface area contributed by atoms with Gasteiger partial charge in [-0.05, 0) is 93.5 Å². The highest BCUT2D eigenvalue weighted by Crippen LogP contribution is 2.58. The van der Waals surface area contributed by atoms with Crippen molar-refractivity contribution in [2.45, 2.75) is 114 Å². The zero-order valence-electron chi connectivity index (χ0n) is 35.9. The van der Waals surface area contributed by atoms with Gasteiger partial charge in [-0.1, -0.05) is 51.0 Å². The molecule has 8 rings (SSSR count). The summed E-state index contributed by atoms with van der Waals surface area (Å²) in [6, 6.07) is 10.8. The first kappa shape index (κ1) is 43.9. The van der Waals surface area contributed by atoms with Crippen LogP contribution in [0.1, 0.15) is 101 Å². The molecule has 2 aliphatic carbocycles. The first-order valence-electron chi connectivity index (χ1n) is 21.6. The average Bonchev–Trinajstić information content (AvgIpc) is 4.07. The third-order valence-electron chi connectivity index (χ3n) is 13.3. The summed E-state index contributed by atoms with van der Waals surface area (Å²) in [5.74, 6) is -1.07. The molecule has 2 aromatic carbocycles. The van der Waals surface area contributed by atoms with Crippen molar-refractivity contribution in [2.24, 2.45) is 17.3 Å². The summed E-state index contributed by atoms with van der Waals surface area (Å²) in [5, 5.41) is 3.49. The van der Waals surface area contributed by atoms with Crippen LogP contribution in [0.2, 0.25) is 0 Å². The molecule has 2 aliphatic heterocycles. The van der Waals surface area contributed by atoms with E-state index in [9.17, 15) is 27.2 Å². The van der Waals surface area contributed by atoms with Crippen molar-refractivity contribution in [1.82, 2.24) is 19.6 Å². The van der Waals surface area contributed by atoms with Gasteiger partial charge in [-0.2, -0.15) is 0 Å². The number of aryl methyl sites for hydroxylation is 1. The van der Waals surface area contributed by atoms with Gasteiger partial charge < -0.3 is 19.1 Å². The third-order valence-corrected chi connectivity index (χ3v) is 16.2. The third kappa shape index (κ3) is 8.64. The maximum absolute atomic E-state index is 15.0. The molecule has 12 nitrogen and oxygen atoms in total. The summed E-state index contributed by atoms with van der Waals surface area (Å²) >= 11 is 1.50. The Labute approximate surface area is 366 Å². The largest absolute Gasteiger partial charge is 0.496 e. The van der Waals surface area contributed by atoms with Gasteiger partial charge in [0.1, 0.15) is 34.1 Å². The van der Waals surface area contributed by atoms with Crippen molar-refractivity contribution in [3.63, 3.8) is 0 Å². The number of aromatic nitrogens is 2. The number of hydrogen-bond acceptors (Lipinski definition) is 11. The number of benzene rings is 2. The van der Waals surface area contributed by atoms with Crippen molar-refractivity contribution in [2.75, 3.05) is 20.8 Å². The van der Waals surface area contributed by atoms with E-state index >= 15 is 0 Å². The standard InChI is InChI=1S/C47H55FN4O8S2/c1-28(2)37-27-61-43(50-37)36-23-41(35-17-18-40(58-4)29(3)42(35)49-36)60-34-22-38-39(53)25-46(45(55)51-62(56,57)47(59-5)19-20-47)24-32(46)12-10-8-6-7-9-11-31(44(54)52(38)26-34)21-30-13-15-33(48)16-14-30/h10,12-18,23,27-28,31-32,34,38H,6-9,11,19-22,24-26H2,1-5H3,(H,51,55)/b12-10-/t31-,32-,34-,38+,46-/m1/s1. The number of pyridine rings is 1. The van der Waals surface area contributed by atoms with E-state index in [1.807, 2.05) is 42.7 Å². The van der Waals surface area contributed by atoms with Gasteiger partial charge in [-0.25, -0.2) is 22.8 Å². The number of carbonyl (C=O) groups excluding carboxylic acids is 3. The van der Waals surface area contributed by atoms with Gasteiger partial charge in [0.05, 0.1) is 36.3 Å². The van der Waals surface area contributed by atoms with Crippen LogP contribution in [0, 0.1) is 30.0 Å². The first-order valence-corrected chi connectivity index (χ1v) is 24.0. The van der Waals surface area contributed by atoms with Crippen molar-refractivity contribution in [3.05, 3.63) is 82.6 Å². The van der Waals surface area contributed by atoms with Crippen LogP contribution >= 0.6 is 11.3 Å². The van der Waals surface area contributed by atoms with Gasteiger partial charge in [0.2, 0.25) is 11.8 Å². The van der Waals surface area contributed by atoms with Crippen LogP contribution in [0.15, 0.2) is 60.0 Å². The Bertz CT molecular complexity index is 2500. The molecule has 0 radical (unpaired) electrons. The minimum Gasteiger partial charge on any atom is -0.496 e. The fraction of sp³-hybridized carbons (Fsp3) is 0.511. The molecular formula is C47H55FN4O8S2. The lowest BCUT2D eigenvalue weighted by atomic mass is 9.90. The minimum absolute atomic E-state index is 0.103. The highest BCUT2D eigenvalue weighted by molar-refractivity contribution is 7.91. The van der Waals surface area contributed by atoms with Crippen LogP contribution < -0.4 is 14.2 Å². The van der Waals surface area contributed by atoms with Crippen LogP contribution in [0.3, 0.4) is 0 Å². The van der Waals surface area contributed by atoms with E-state index in [0.29, 0.717) is 42.0 Å². The number of hydrogen-bond donors (Lipinski definition) is 1. The molecule has 330 valence electrons. The number of methoxy groups -OCH3 is 2. The Morgan fingerprint density at radius 3 is 2.52 bits per heavy atom. The summed E-state index contributed by atoms with van der Waals surface area (Å²) in [5.41, 5.74) is 2.58. The summed E-state index contributed by atoms with van der Waals surface area (Å²) < 4.78 is 61.0. The van der Waals surface area contributed by atoms with E-state index in [0.717, 1.165) is 52.9 Å². The highest BCUT2D eigenvalue weighted by Gasteiger charge is 2.63. The number of allylic oxidation sites excluding steroid dienone is 2. The van der Waals surface area contributed by atoms with Crippen molar-refractivity contribution < 1.29 is 41.4 Å². The number of sulfonamides is 1.